The number of aliphatic hydroxyl groups excluding tert-OH is 1. The number of furan rings is 2. The van der Waals surface area contributed by atoms with Crippen molar-refractivity contribution in [3.05, 3.63) is 94.8 Å². The molecule has 1 N–H and O–H groups in total. The van der Waals surface area contributed by atoms with Crippen molar-refractivity contribution in [2.24, 2.45) is 0 Å². The number of halogens is 1. The van der Waals surface area contributed by atoms with Crippen molar-refractivity contribution in [2.45, 2.75) is 13.0 Å². The topological polar surface area (TPSA) is 93.1 Å². The number of Topliss-reactive ketones (excluding diaryl/α,β-unsaturated/α-hetero) is 1. The summed E-state index contributed by atoms with van der Waals surface area (Å²) in [6, 6.07) is 15.6. The molecule has 0 aliphatic carbocycles. The van der Waals surface area contributed by atoms with Crippen LogP contribution >= 0.6 is 11.6 Å². The Kier molecular flexibility index (Phi) is 5.18. The minimum atomic E-state index is -0.992. The smallest absolute Gasteiger partial charge is 0.294 e. The minimum Gasteiger partial charge on any atom is -0.503 e. The fourth-order valence-corrected chi connectivity index (χ4v) is 4.15. The monoisotopic (exact) mass is 463 g/mol. The summed E-state index contributed by atoms with van der Waals surface area (Å²) in [6.45, 7) is 2.30. The van der Waals surface area contributed by atoms with Gasteiger partial charge >= 0.3 is 0 Å². The fourth-order valence-electron chi connectivity index (χ4n) is 3.97. The van der Waals surface area contributed by atoms with E-state index in [-0.39, 0.29) is 11.3 Å². The van der Waals surface area contributed by atoms with Crippen LogP contribution in [0.4, 0.5) is 5.69 Å². The molecule has 1 aliphatic heterocycles. The van der Waals surface area contributed by atoms with E-state index in [0.717, 1.165) is 0 Å². The Morgan fingerprint density at radius 2 is 2.00 bits per heavy atom. The molecule has 1 amide bonds. The highest BCUT2D eigenvalue weighted by atomic mass is 35.5. The number of benzene rings is 2. The van der Waals surface area contributed by atoms with Crippen LogP contribution in [0.25, 0.3) is 11.0 Å². The maximum absolute atomic E-state index is 13.5. The van der Waals surface area contributed by atoms with E-state index in [9.17, 15) is 14.7 Å². The highest BCUT2D eigenvalue weighted by Gasteiger charge is 2.46. The van der Waals surface area contributed by atoms with Crippen LogP contribution < -0.4 is 9.64 Å². The van der Waals surface area contributed by atoms with Crippen LogP contribution in [0.15, 0.2) is 87.1 Å². The largest absolute Gasteiger partial charge is 0.503 e. The summed E-state index contributed by atoms with van der Waals surface area (Å²) in [5.74, 6) is -1.18. The van der Waals surface area contributed by atoms with Crippen molar-refractivity contribution >= 4 is 39.9 Å². The summed E-state index contributed by atoms with van der Waals surface area (Å²) < 4.78 is 16.8. The maximum Gasteiger partial charge on any atom is 0.294 e. The van der Waals surface area contributed by atoms with Crippen molar-refractivity contribution < 1.29 is 28.3 Å². The van der Waals surface area contributed by atoms with Gasteiger partial charge in [-0.25, -0.2) is 0 Å². The van der Waals surface area contributed by atoms with Crippen LogP contribution in [0.3, 0.4) is 0 Å². The molecule has 2 aromatic heterocycles. The molecule has 0 spiro atoms. The van der Waals surface area contributed by atoms with Gasteiger partial charge in [0.15, 0.2) is 11.5 Å². The fraction of sp³-hybridized carbons (Fsp3) is 0.120. The Balaban J connectivity index is 1.61. The lowest BCUT2D eigenvalue weighted by molar-refractivity contribution is -0.117. The van der Waals surface area contributed by atoms with Crippen molar-refractivity contribution in [2.75, 3.05) is 11.5 Å². The molecule has 0 bridgehead atoms. The van der Waals surface area contributed by atoms with E-state index in [1.807, 2.05) is 6.92 Å². The molecule has 3 heterocycles. The predicted octanol–water partition coefficient (Wildman–Crippen LogP) is 5.86. The molecule has 0 fully saturated rings. The number of carbonyl (C=O) groups is 2. The Morgan fingerprint density at radius 1 is 1.15 bits per heavy atom. The number of hydrogen-bond donors (Lipinski definition) is 1. The van der Waals surface area contributed by atoms with E-state index in [4.69, 9.17) is 25.2 Å². The molecular formula is C25H18ClNO6. The number of nitrogens with zero attached hydrogens (tertiary/aromatic N) is 1. The summed E-state index contributed by atoms with van der Waals surface area (Å²) in [5.41, 5.74) is 0.767. The van der Waals surface area contributed by atoms with Crippen LogP contribution in [-0.2, 0) is 4.79 Å². The zero-order valence-electron chi connectivity index (χ0n) is 17.4. The van der Waals surface area contributed by atoms with Gasteiger partial charge in [-0.3, -0.25) is 14.5 Å². The second-order valence-corrected chi connectivity index (χ2v) is 7.84. The van der Waals surface area contributed by atoms with Gasteiger partial charge in [-0.2, -0.15) is 0 Å². The summed E-state index contributed by atoms with van der Waals surface area (Å²) in [6.07, 6.45) is 1.44. The molecule has 1 atom stereocenters. The van der Waals surface area contributed by atoms with E-state index < -0.39 is 23.5 Å². The highest BCUT2D eigenvalue weighted by molar-refractivity contribution is 6.31. The van der Waals surface area contributed by atoms with Crippen LogP contribution in [0.2, 0.25) is 5.02 Å². The average molecular weight is 464 g/mol. The molecule has 2 aromatic carbocycles. The Hall–Kier alpha value is -3.97. The molecule has 1 aliphatic rings. The standard InChI is InChI=1S/C25H18ClNO6/c1-2-31-17-6-3-5-16(13-17)27-22(19-7-4-10-32-19)21(24(29)25(27)30)23(28)20-12-14-11-15(26)8-9-18(14)33-20/h3-13,22,29H,2H2,1H3. The number of fused-ring (bicyclic) bond motifs is 1. The second kappa shape index (κ2) is 8.18. The van der Waals surface area contributed by atoms with Crippen molar-refractivity contribution in [3.63, 3.8) is 0 Å². The lowest BCUT2D eigenvalue weighted by Crippen LogP contribution is -2.30. The van der Waals surface area contributed by atoms with Gasteiger partial charge in [-0.1, -0.05) is 17.7 Å². The first kappa shape index (κ1) is 20.9. The van der Waals surface area contributed by atoms with Crippen molar-refractivity contribution in [3.8, 4) is 5.75 Å². The summed E-state index contributed by atoms with van der Waals surface area (Å²) in [7, 11) is 0. The number of anilines is 1. The third-order valence-electron chi connectivity index (χ3n) is 5.37. The molecule has 166 valence electrons. The SMILES string of the molecule is CCOc1cccc(N2C(=O)C(O)=C(C(=O)c3cc4cc(Cl)ccc4o3)C2c2ccco2)c1. The van der Waals surface area contributed by atoms with E-state index >= 15 is 0 Å². The van der Waals surface area contributed by atoms with Crippen molar-refractivity contribution in [1.29, 1.82) is 0 Å². The highest BCUT2D eigenvalue weighted by Crippen LogP contribution is 2.43. The van der Waals surface area contributed by atoms with Crippen molar-refractivity contribution in [1.82, 2.24) is 0 Å². The second-order valence-electron chi connectivity index (χ2n) is 7.41. The zero-order chi connectivity index (χ0) is 23.1. The molecule has 0 saturated heterocycles. The van der Waals surface area contributed by atoms with Gasteiger partial charge in [0.1, 0.15) is 23.1 Å². The van der Waals surface area contributed by atoms with Gasteiger partial charge in [-0.05, 0) is 55.5 Å². The third kappa shape index (κ3) is 3.56. The Bertz CT molecular complexity index is 1400. The van der Waals surface area contributed by atoms with Gasteiger partial charge < -0.3 is 18.7 Å². The number of hydrogen-bond acceptors (Lipinski definition) is 6. The summed E-state index contributed by atoms with van der Waals surface area (Å²) >= 11 is 6.04. The molecule has 7 nitrogen and oxygen atoms in total. The molecule has 4 aromatic rings. The first-order valence-electron chi connectivity index (χ1n) is 10.2. The van der Waals surface area contributed by atoms with Gasteiger partial charge in [-0.15, -0.1) is 0 Å². The minimum absolute atomic E-state index is 0.0249. The van der Waals surface area contributed by atoms with Gasteiger partial charge in [0.25, 0.3) is 5.91 Å². The number of ketones is 1. The van der Waals surface area contributed by atoms with E-state index in [1.54, 1.807) is 54.6 Å². The molecule has 1 unspecified atom stereocenters. The van der Waals surface area contributed by atoms with Crippen LogP contribution in [-0.4, -0.2) is 23.4 Å². The van der Waals surface area contributed by atoms with Gasteiger partial charge in [0.05, 0.1) is 18.4 Å². The number of ether oxygens (including phenoxy) is 1. The number of rotatable bonds is 6. The molecule has 33 heavy (non-hydrogen) atoms. The van der Waals surface area contributed by atoms with Crippen LogP contribution in [0.5, 0.6) is 5.75 Å². The Labute approximate surface area is 193 Å². The Morgan fingerprint density at radius 3 is 2.76 bits per heavy atom. The summed E-state index contributed by atoms with van der Waals surface area (Å²) in [4.78, 5) is 28.0. The van der Waals surface area contributed by atoms with E-state index in [2.05, 4.69) is 0 Å². The van der Waals surface area contributed by atoms with Crippen LogP contribution in [0.1, 0.15) is 29.3 Å². The molecule has 8 heteroatoms. The van der Waals surface area contributed by atoms with Gasteiger partial charge in [0.2, 0.25) is 5.78 Å². The quantitative estimate of drug-likeness (QED) is 0.360. The first-order chi connectivity index (χ1) is 16.0. The number of aliphatic hydroxyl groups is 1. The predicted molar refractivity (Wildman–Crippen MR) is 122 cm³/mol. The normalized spacial score (nSPS) is 16.1. The number of amides is 1. The van der Waals surface area contributed by atoms with Gasteiger partial charge in [0, 0.05) is 22.2 Å². The summed E-state index contributed by atoms with van der Waals surface area (Å²) in [5, 5.41) is 11.9. The van der Waals surface area contributed by atoms with E-state index in [0.29, 0.717) is 39.8 Å². The van der Waals surface area contributed by atoms with Crippen LogP contribution in [0, 0.1) is 0 Å². The zero-order valence-corrected chi connectivity index (χ0v) is 18.2. The van der Waals surface area contributed by atoms with E-state index in [1.165, 1.54) is 17.2 Å². The number of carbonyl (C=O) groups excluding carboxylic acids is 2. The first-order valence-corrected chi connectivity index (χ1v) is 10.6. The third-order valence-corrected chi connectivity index (χ3v) is 5.61. The molecule has 5 rings (SSSR count). The molecule has 0 saturated carbocycles. The average Bonchev–Trinajstić information content (AvgIpc) is 3.52. The maximum atomic E-state index is 13.5. The lowest BCUT2D eigenvalue weighted by Gasteiger charge is -2.25. The molecular weight excluding hydrogens is 446 g/mol. The molecule has 0 radical (unpaired) electrons. The lowest BCUT2D eigenvalue weighted by atomic mass is 9.99.